The van der Waals surface area contributed by atoms with E-state index in [0.717, 1.165) is 6.07 Å². The lowest BCUT2D eigenvalue weighted by molar-refractivity contribution is -0.234. The zero-order chi connectivity index (χ0) is 23.7. The average Bonchev–Trinajstić information content (AvgIpc) is 2.72. The van der Waals surface area contributed by atoms with Crippen LogP contribution in [0.25, 0.3) is 10.9 Å². The van der Waals surface area contributed by atoms with Crippen LogP contribution < -0.4 is 4.74 Å². The first-order chi connectivity index (χ1) is 14.9. The molecule has 0 fully saturated rings. The van der Waals surface area contributed by atoms with Gasteiger partial charge in [0.1, 0.15) is 22.9 Å². The lowest BCUT2D eigenvalue weighted by Gasteiger charge is -2.35. The van der Waals surface area contributed by atoms with Crippen molar-refractivity contribution < 1.29 is 27.4 Å². The van der Waals surface area contributed by atoms with Crippen LogP contribution in [0.5, 0.6) is 5.75 Å². The fourth-order valence-electron chi connectivity index (χ4n) is 3.49. The van der Waals surface area contributed by atoms with E-state index in [4.69, 9.17) is 4.74 Å². The normalized spacial score (nSPS) is 14.7. The van der Waals surface area contributed by atoms with Crippen molar-refractivity contribution in [1.29, 1.82) is 0 Å². The quantitative estimate of drug-likeness (QED) is 0.401. The second kappa shape index (κ2) is 8.46. The highest BCUT2D eigenvalue weighted by atomic mass is 19.4. The third-order valence-electron chi connectivity index (χ3n) is 5.27. The number of hydrogen-bond acceptors (Lipinski definition) is 5. The monoisotopic (exact) mass is 449 g/mol. The second-order valence-corrected chi connectivity index (χ2v) is 8.22. The minimum atomic E-state index is -5.00. The number of alkyl halides is 3. The van der Waals surface area contributed by atoms with Crippen LogP contribution in [0.1, 0.15) is 31.7 Å². The molecule has 1 N–H and O–H groups in total. The van der Waals surface area contributed by atoms with Crippen LogP contribution in [-0.2, 0) is 5.41 Å². The standard InChI is InChI=1S/C23H23F4N3O2/c1-14-28-11-17-19(9-8-18(24)20(17)30-14)29-13-22(31,23(25,26)27)12-21(2,3)15-6-5-7-16(10-15)32-4/h5-11,13,31H,12H2,1-4H3. The molecule has 0 radical (unpaired) electrons. The van der Waals surface area contributed by atoms with Gasteiger partial charge in [0.05, 0.1) is 12.8 Å². The van der Waals surface area contributed by atoms with Gasteiger partial charge in [0.2, 0.25) is 0 Å². The number of halogens is 4. The highest BCUT2D eigenvalue weighted by Crippen LogP contribution is 2.41. The first-order valence-corrected chi connectivity index (χ1v) is 9.77. The number of aryl methyl sites for hydroxylation is 1. The van der Waals surface area contributed by atoms with Crippen LogP contribution in [0.2, 0.25) is 0 Å². The van der Waals surface area contributed by atoms with Crippen molar-refractivity contribution in [3.8, 4) is 5.75 Å². The number of benzene rings is 2. The predicted molar refractivity (Wildman–Crippen MR) is 114 cm³/mol. The van der Waals surface area contributed by atoms with Crippen molar-refractivity contribution in [3.05, 3.63) is 59.8 Å². The number of methoxy groups -OCH3 is 1. The molecule has 1 aromatic heterocycles. The van der Waals surface area contributed by atoms with Gasteiger partial charge in [-0.05, 0) is 48.6 Å². The zero-order valence-corrected chi connectivity index (χ0v) is 18.0. The molecule has 0 aliphatic heterocycles. The van der Waals surface area contributed by atoms with Crippen molar-refractivity contribution in [2.45, 2.75) is 44.4 Å². The van der Waals surface area contributed by atoms with Gasteiger partial charge in [-0.15, -0.1) is 0 Å². The first-order valence-electron chi connectivity index (χ1n) is 9.77. The summed E-state index contributed by atoms with van der Waals surface area (Å²) in [5.74, 6) is 0.159. The summed E-state index contributed by atoms with van der Waals surface area (Å²) in [7, 11) is 1.46. The Morgan fingerprint density at radius 3 is 2.53 bits per heavy atom. The number of rotatable bonds is 6. The molecule has 2 aromatic carbocycles. The minimum absolute atomic E-state index is 0.0169. The Morgan fingerprint density at radius 2 is 1.88 bits per heavy atom. The van der Waals surface area contributed by atoms with E-state index in [1.165, 1.54) is 19.4 Å². The highest BCUT2D eigenvalue weighted by molar-refractivity contribution is 5.91. The van der Waals surface area contributed by atoms with Gasteiger partial charge in [-0.2, -0.15) is 13.2 Å². The molecule has 9 heteroatoms. The number of hydrogen-bond donors (Lipinski definition) is 1. The Bertz CT molecular complexity index is 1160. The number of aromatic nitrogens is 2. The molecular weight excluding hydrogens is 426 g/mol. The maximum Gasteiger partial charge on any atom is 0.422 e. The van der Waals surface area contributed by atoms with Gasteiger partial charge in [-0.25, -0.2) is 14.4 Å². The van der Waals surface area contributed by atoms with E-state index in [9.17, 15) is 22.7 Å². The van der Waals surface area contributed by atoms with Crippen molar-refractivity contribution in [2.24, 2.45) is 4.99 Å². The number of aliphatic hydroxyl groups is 1. The van der Waals surface area contributed by atoms with Crippen molar-refractivity contribution in [3.63, 3.8) is 0 Å². The Hall–Kier alpha value is -3.07. The second-order valence-electron chi connectivity index (χ2n) is 8.22. The summed E-state index contributed by atoms with van der Waals surface area (Å²) in [6, 6.07) is 8.93. The molecule has 3 rings (SSSR count). The Kier molecular flexibility index (Phi) is 6.24. The highest BCUT2D eigenvalue weighted by Gasteiger charge is 2.55. The van der Waals surface area contributed by atoms with Gasteiger partial charge in [0.15, 0.2) is 5.60 Å². The van der Waals surface area contributed by atoms with Crippen LogP contribution in [0.15, 0.2) is 47.6 Å². The number of fused-ring (bicyclic) bond motifs is 1. The third-order valence-corrected chi connectivity index (χ3v) is 5.27. The average molecular weight is 449 g/mol. The summed E-state index contributed by atoms with van der Waals surface area (Å²) in [6.07, 6.45) is -3.95. The molecular formula is C23H23F4N3O2. The smallest absolute Gasteiger partial charge is 0.422 e. The topological polar surface area (TPSA) is 67.6 Å². The van der Waals surface area contributed by atoms with Crippen LogP contribution in [-0.4, -0.2) is 40.2 Å². The van der Waals surface area contributed by atoms with E-state index < -0.39 is 29.4 Å². The summed E-state index contributed by atoms with van der Waals surface area (Å²) in [4.78, 5) is 11.8. The molecule has 5 nitrogen and oxygen atoms in total. The Balaban J connectivity index is 2.02. The Morgan fingerprint density at radius 1 is 1.16 bits per heavy atom. The van der Waals surface area contributed by atoms with E-state index in [-0.39, 0.29) is 16.6 Å². The molecule has 0 amide bonds. The van der Waals surface area contributed by atoms with Crippen LogP contribution in [0.3, 0.4) is 0 Å². The molecule has 0 spiro atoms. The van der Waals surface area contributed by atoms with Crippen molar-refractivity contribution >= 4 is 22.8 Å². The fraction of sp³-hybridized carbons (Fsp3) is 0.348. The SMILES string of the molecule is COc1cccc(C(C)(C)CC(O)(C=Nc2ccc(F)c3nc(C)ncc23)C(F)(F)F)c1. The number of nitrogens with zero attached hydrogens (tertiary/aromatic N) is 3. The van der Waals surface area contributed by atoms with E-state index >= 15 is 0 Å². The summed E-state index contributed by atoms with van der Waals surface area (Å²) >= 11 is 0. The largest absolute Gasteiger partial charge is 0.497 e. The zero-order valence-electron chi connectivity index (χ0n) is 18.0. The number of ether oxygens (including phenoxy) is 1. The summed E-state index contributed by atoms with van der Waals surface area (Å²) in [6.45, 7) is 4.75. The van der Waals surface area contributed by atoms with Gasteiger partial charge in [0, 0.05) is 17.8 Å². The molecule has 0 aliphatic carbocycles. The predicted octanol–water partition coefficient (Wildman–Crippen LogP) is 5.45. The molecule has 1 atom stereocenters. The fourth-order valence-corrected chi connectivity index (χ4v) is 3.49. The van der Waals surface area contributed by atoms with E-state index in [2.05, 4.69) is 15.0 Å². The van der Waals surface area contributed by atoms with E-state index in [0.29, 0.717) is 23.4 Å². The maximum absolute atomic E-state index is 14.1. The summed E-state index contributed by atoms with van der Waals surface area (Å²) < 4.78 is 61.2. The van der Waals surface area contributed by atoms with Gasteiger partial charge in [-0.3, -0.25) is 4.99 Å². The van der Waals surface area contributed by atoms with E-state index in [1.54, 1.807) is 45.0 Å². The first kappa shape index (κ1) is 23.6. The van der Waals surface area contributed by atoms with E-state index in [1.807, 2.05) is 0 Å². The lowest BCUT2D eigenvalue weighted by Crippen LogP contribution is -2.50. The summed E-state index contributed by atoms with van der Waals surface area (Å²) in [5.41, 5.74) is -3.81. The molecule has 0 bridgehead atoms. The maximum atomic E-state index is 14.1. The lowest BCUT2D eigenvalue weighted by atomic mass is 9.75. The van der Waals surface area contributed by atoms with Crippen molar-refractivity contribution in [1.82, 2.24) is 9.97 Å². The molecule has 0 aliphatic rings. The van der Waals surface area contributed by atoms with Gasteiger partial charge >= 0.3 is 6.18 Å². The van der Waals surface area contributed by atoms with Gasteiger partial charge in [0.25, 0.3) is 0 Å². The van der Waals surface area contributed by atoms with Crippen LogP contribution in [0.4, 0.5) is 23.2 Å². The third kappa shape index (κ3) is 4.72. The van der Waals surface area contributed by atoms with Gasteiger partial charge < -0.3 is 9.84 Å². The molecule has 1 heterocycles. The molecule has 1 unspecified atom stereocenters. The Labute approximate surface area is 182 Å². The molecule has 0 saturated heterocycles. The van der Waals surface area contributed by atoms with Crippen LogP contribution in [0, 0.1) is 12.7 Å². The minimum Gasteiger partial charge on any atom is -0.497 e. The van der Waals surface area contributed by atoms with Gasteiger partial charge in [-0.1, -0.05) is 26.0 Å². The molecule has 0 saturated carbocycles. The number of aliphatic imine (C=N–C) groups is 1. The molecule has 170 valence electrons. The molecule has 3 aromatic rings. The molecule has 32 heavy (non-hydrogen) atoms. The summed E-state index contributed by atoms with van der Waals surface area (Å²) in [5, 5.41) is 10.8. The van der Waals surface area contributed by atoms with Crippen LogP contribution >= 0.6 is 0 Å². The van der Waals surface area contributed by atoms with Crippen molar-refractivity contribution in [2.75, 3.05) is 7.11 Å².